The molecule has 202 valence electrons. The predicted molar refractivity (Wildman–Crippen MR) is 144 cm³/mol. The minimum atomic E-state index is -0.458. The van der Waals surface area contributed by atoms with Crippen LogP contribution in [0.1, 0.15) is 65.9 Å². The van der Waals surface area contributed by atoms with Crippen molar-refractivity contribution in [1.82, 2.24) is 14.7 Å². The van der Waals surface area contributed by atoms with Crippen LogP contribution in [0.15, 0.2) is 42.6 Å². The molecule has 0 aliphatic heterocycles. The number of Topliss-reactive ketones (excluding diaryl/α,β-unsaturated/α-hetero) is 1. The van der Waals surface area contributed by atoms with E-state index in [1.54, 1.807) is 6.92 Å². The van der Waals surface area contributed by atoms with Crippen LogP contribution in [0, 0.1) is 11.6 Å². The lowest BCUT2D eigenvalue weighted by atomic mass is 10.0. The Morgan fingerprint density at radius 2 is 1.69 bits per heavy atom. The number of halogens is 2. The van der Waals surface area contributed by atoms with E-state index in [2.05, 4.69) is 31.9 Å². The normalized spacial score (nSPS) is 13.9. The lowest BCUT2D eigenvalue weighted by Gasteiger charge is -2.35. The first-order chi connectivity index (χ1) is 17.2. The third-order valence-corrected chi connectivity index (χ3v) is 6.95. The predicted octanol–water partition coefficient (Wildman–Crippen LogP) is 5.61. The first-order valence-corrected chi connectivity index (χ1v) is 13.1. The number of rotatable bonds is 14. The highest BCUT2D eigenvalue weighted by atomic mass is 19.1. The topological polar surface area (TPSA) is 43.9 Å². The Morgan fingerprint density at radius 3 is 2.28 bits per heavy atom. The molecular formula is C29H45F2N3O2. The van der Waals surface area contributed by atoms with Gasteiger partial charge in [-0.05, 0) is 89.7 Å². The van der Waals surface area contributed by atoms with E-state index < -0.39 is 11.6 Å². The highest BCUT2D eigenvalue weighted by Crippen LogP contribution is 2.31. The fourth-order valence-corrected chi connectivity index (χ4v) is 4.70. The number of ketones is 1. The van der Waals surface area contributed by atoms with E-state index in [4.69, 9.17) is 0 Å². The van der Waals surface area contributed by atoms with Gasteiger partial charge in [-0.2, -0.15) is 0 Å². The van der Waals surface area contributed by atoms with E-state index in [1.807, 2.05) is 23.6 Å². The average molecular weight is 506 g/mol. The maximum atomic E-state index is 14.2. The van der Waals surface area contributed by atoms with Crippen molar-refractivity contribution in [1.29, 1.82) is 0 Å². The molecule has 0 fully saturated rings. The number of amides is 1. The second-order valence-electron chi connectivity index (χ2n) is 9.09. The molecule has 0 saturated carbocycles. The number of allylic oxidation sites excluding steroid dienone is 2. The maximum Gasteiger partial charge on any atom is 0.242 e. The van der Waals surface area contributed by atoms with Gasteiger partial charge >= 0.3 is 0 Å². The van der Waals surface area contributed by atoms with Crippen LogP contribution in [0.2, 0.25) is 0 Å². The van der Waals surface area contributed by atoms with Crippen molar-refractivity contribution < 1.29 is 18.4 Å². The molecule has 1 amide bonds. The van der Waals surface area contributed by atoms with E-state index in [1.165, 1.54) is 6.07 Å². The summed E-state index contributed by atoms with van der Waals surface area (Å²) in [5.41, 5.74) is 2.07. The zero-order chi connectivity index (χ0) is 27.3. The average Bonchev–Trinajstić information content (AvgIpc) is 3.37. The van der Waals surface area contributed by atoms with Gasteiger partial charge in [-0.3, -0.25) is 9.59 Å². The Balaban J connectivity index is 0.00000316. The third kappa shape index (κ3) is 9.16. The van der Waals surface area contributed by atoms with Gasteiger partial charge in [-0.1, -0.05) is 13.8 Å². The number of likely N-dealkylation sites (N-methyl/N-ethyl adjacent to an activating group) is 2. The van der Waals surface area contributed by atoms with E-state index in [9.17, 15) is 18.4 Å². The molecule has 0 saturated heterocycles. The number of carbonyl (C=O) groups excluding carboxylic acids is 2. The molecule has 0 radical (unpaired) electrons. The Bertz CT molecular complexity index is 883. The SMILES string of the molecule is C=C.CCN(CC)CCN(CC)C(=O)CN(C1=C(C(C)=O)CCC1)C(C)CCc1cc(F)ccc1F. The molecule has 2 rings (SSSR count). The van der Waals surface area contributed by atoms with Crippen molar-refractivity contribution in [3.05, 3.63) is 59.8 Å². The fraction of sp³-hybridized carbons (Fsp3) is 0.586. The van der Waals surface area contributed by atoms with Crippen molar-refractivity contribution >= 4 is 11.7 Å². The number of aryl methyl sites for hydroxylation is 1. The molecule has 0 bridgehead atoms. The molecule has 1 aliphatic carbocycles. The maximum absolute atomic E-state index is 14.2. The summed E-state index contributed by atoms with van der Waals surface area (Å²) < 4.78 is 27.8. The van der Waals surface area contributed by atoms with Crippen LogP contribution >= 0.6 is 0 Å². The fourth-order valence-electron chi connectivity index (χ4n) is 4.70. The van der Waals surface area contributed by atoms with Gasteiger partial charge in [0.25, 0.3) is 0 Å². The highest BCUT2D eigenvalue weighted by molar-refractivity contribution is 5.94. The van der Waals surface area contributed by atoms with Gasteiger partial charge in [0, 0.05) is 36.9 Å². The third-order valence-electron chi connectivity index (χ3n) is 6.95. The van der Waals surface area contributed by atoms with Crippen LogP contribution < -0.4 is 0 Å². The molecule has 0 N–H and O–H groups in total. The van der Waals surface area contributed by atoms with E-state index >= 15 is 0 Å². The second-order valence-corrected chi connectivity index (χ2v) is 9.09. The number of carbonyl (C=O) groups is 2. The summed E-state index contributed by atoms with van der Waals surface area (Å²) in [6.45, 7) is 20.0. The molecule has 7 heteroatoms. The molecule has 1 atom stereocenters. The van der Waals surface area contributed by atoms with Crippen LogP contribution in [0.4, 0.5) is 8.78 Å². The number of nitrogens with zero attached hydrogens (tertiary/aromatic N) is 3. The zero-order valence-electron chi connectivity index (χ0n) is 22.9. The lowest BCUT2D eigenvalue weighted by molar-refractivity contribution is -0.132. The smallest absolute Gasteiger partial charge is 0.242 e. The van der Waals surface area contributed by atoms with Crippen LogP contribution in [-0.2, 0) is 16.0 Å². The van der Waals surface area contributed by atoms with Gasteiger partial charge in [0.2, 0.25) is 5.91 Å². The Kier molecular flexibility index (Phi) is 14.2. The highest BCUT2D eigenvalue weighted by Gasteiger charge is 2.28. The number of hydrogen-bond acceptors (Lipinski definition) is 4. The minimum absolute atomic E-state index is 0.0285. The van der Waals surface area contributed by atoms with Gasteiger partial charge in [-0.25, -0.2) is 8.78 Å². The van der Waals surface area contributed by atoms with Gasteiger partial charge in [0.15, 0.2) is 5.78 Å². The van der Waals surface area contributed by atoms with Crippen molar-refractivity contribution in [3.8, 4) is 0 Å². The molecule has 1 unspecified atom stereocenters. The largest absolute Gasteiger partial charge is 0.362 e. The monoisotopic (exact) mass is 505 g/mol. The molecule has 0 aromatic heterocycles. The summed E-state index contributed by atoms with van der Waals surface area (Å²) >= 11 is 0. The van der Waals surface area contributed by atoms with Crippen molar-refractivity contribution in [3.63, 3.8) is 0 Å². The van der Waals surface area contributed by atoms with Crippen LogP contribution in [0.3, 0.4) is 0 Å². The standard InChI is InChI=1S/C27H41F2N3O2.C2H4/c1-6-30(7-2)16-17-31(8-3)27(34)19-32(26-11-9-10-24(26)21(5)33)20(4)12-13-22-18-23(28)14-15-25(22)29;1-2/h14-15,18,20H,6-13,16-17,19H2,1-5H3;1-2H2. The Morgan fingerprint density at radius 1 is 1.03 bits per heavy atom. The summed E-state index contributed by atoms with van der Waals surface area (Å²) in [4.78, 5) is 31.8. The summed E-state index contributed by atoms with van der Waals surface area (Å²) in [7, 11) is 0. The van der Waals surface area contributed by atoms with Crippen molar-refractivity contribution in [2.75, 3.05) is 39.3 Å². The first kappa shape index (κ1) is 31.5. The van der Waals surface area contributed by atoms with E-state index in [0.29, 0.717) is 31.5 Å². The molecule has 1 aromatic rings. The molecular weight excluding hydrogens is 460 g/mol. The molecule has 0 spiro atoms. The van der Waals surface area contributed by atoms with Crippen molar-refractivity contribution in [2.45, 2.75) is 72.8 Å². The molecule has 0 heterocycles. The van der Waals surface area contributed by atoms with E-state index in [-0.39, 0.29) is 24.3 Å². The molecule has 5 nitrogen and oxygen atoms in total. The summed E-state index contributed by atoms with van der Waals surface area (Å²) in [5.74, 6) is -0.808. The lowest BCUT2D eigenvalue weighted by Crippen LogP contribution is -2.46. The quantitative estimate of drug-likeness (QED) is 0.309. The summed E-state index contributed by atoms with van der Waals surface area (Å²) in [6, 6.07) is 3.40. The molecule has 1 aromatic carbocycles. The van der Waals surface area contributed by atoms with Crippen LogP contribution in [0.25, 0.3) is 0 Å². The van der Waals surface area contributed by atoms with Gasteiger partial charge < -0.3 is 14.7 Å². The van der Waals surface area contributed by atoms with Crippen molar-refractivity contribution in [2.24, 2.45) is 0 Å². The number of benzene rings is 1. The summed E-state index contributed by atoms with van der Waals surface area (Å²) in [6.07, 6.45) is 3.28. The van der Waals surface area contributed by atoms with Gasteiger partial charge in [-0.15, -0.1) is 13.2 Å². The Hall–Kier alpha value is -2.54. The molecule has 1 aliphatic rings. The number of hydrogen-bond donors (Lipinski definition) is 0. The van der Waals surface area contributed by atoms with Crippen LogP contribution in [-0.4, -0.2) is 71.7 Å². The van der Waals surface area contributed by atoms with Gasteiger partial charge in [0.05, 0.1) is 6.54 Å². The summed E-state index contributed by atoms with van der Waals surface area (Å²) in [5, 5.41) is 0. The second kappa shape index (κ2) is 16.3. The molecule has 36 heavy (non-hydrogen) atoms. The minimum Gasteiger partial charge on any atom is -0.362 e. The first-order valence-electron chi connectivity index (χ1n) is 13.1. The zero-order valence-corrected chi connectivity index (χ0v) is 22.9. The Labute approximate surface area is 216 Å². The van der Waals surface area contributed by atoms with Crippen LogP contribution in [0.5, 0.6) is 0 Å². The van der Waals surface area contributed by atoms with E-state index in [0.717, 1.165) is 62.3 Å². The van der Waals surface area contributed by atoms with Gasteiger partial charge in [0.1, 0.15) is 11.6 Å².